The topological polar surface area (TPSA) is 49.7 Å². The minimum Gasteiger partial charge on any atom is -0.423 e. The van der Waals surface area contributed by atoms with Crippen LogP contribution in [0.2, 0.25) is 0 Å². The first-order chi connectivity index (χ1) is 11.0. The highest BCUT2D eigenvalue weighted by molar-refractivity contribution is 6.58. The van der Waals surface area contributed by atoms with Crippen molar-refractivity contribution in [3.63, 3.8) is 0 Å². The Morgan fingerprint density at radius 2 is 1.78 bits per heavy atom. The van der Waals surface area contributed by atoms with Crippen LogP contribution in [0.25, 0.3) is 0 Å². The minimum atomic E-state index is -2.56. The van der Waals surface area contributed by atoms with Gasteiger partial charge in [-0.15, -0.1) is 0 Å². The van der Waals surface area contributed by atoms with Crippen LogP contribution < -0.4 is 5.46 Å². The smallest absolute Gasteiger partial charge is 0.423 e. The fourth-order valence-electron chi connectivity index (χ4n) is 2.45. The van der Waals surface area contributed by atoms with E-state index in [2.05, 4.69) is 0 Å². The molecular weight excluding hydrogens is 301 g/mol. The van der Waals surface area contributed by atoms with Crippen molar-refractivity contribution in [1.82, 2.24) is 0 Å². The number of hydrogen-bond donors (Lipinski definition) is 2. The van der Waals surface area contributed by atoms with Gasteiger partial charge < -0.3 is 14.8 Å². The number of ether oxygens (including phenoxy) is 1. The Morgan fingerprint density at radius 1 is 1.09 bits per heavy atom. The summed E-state index contributed by atoms with van der Waals surface area (Å²) in [6.45, 7) is 1.85. The van der Waals surface area contributed by atoms with Gasteiger partial charge in [0.25, 0.3) is 0 Å². The molecule has 0 aromatic heterocycles. The molecule has 3 nitrogen and oxygen atoms in total. The first-order valence-electron chi connectivity index (χ1n) is 7.35. The molecule has 0 radical (unpaired) electrons. The normalized spacial score (nSPS) is 12.4. The molecule has 0 spiro atoms. The van der Waals surface area contributed by atoms with E-state index in [4.69, 9.17) is 14.8 Å². The van der Waals surface area contributed by atoms with Gasteiger partial charge in [-0.2, -0.15) is 0 Å². The zero-order valence-electron chi connectivity index (χ0n) is 12.8. The Balaban J connectivity index is 2.06. The fraction of sp³-hybridized carbons (Fsp3) is 0.294. The molecule has 2 N–H and O–H groups in total. The van der Waals surface area contributed by atoms with Gasteiger partial charge in [0.05, 0.1) is 19.1 Å². The molecule has 0 aliphatic heterocycles. The fourth-order valence-corrected chi connectivity index (χ4v) is 2.45. The molecule has 0 bridgehead atoms. The molecular formula is C17H19BF2O3. The molecule has 23 heavy (non-hydrogen) atoms. The highest BCUT2D eigenvalue weighted by atomic mass is 19.3. The third-order valence-corrected chi connectivity index (χ3v) is 3.70. The summed E-state index contributed by atoms with van der Waals surface area (Å²) in [6, 6.07) is 13.8. The summed E-state index contributed by atoms with van der Waals surface area (Å²) in [4.78, 5) is 0. The molecule has 122 valence electrons. The Bertz CT molecular complexity index is 620. The molecule has 0 aliphatic carbocycles. The number of rotatable bonds is 7. The van der Waals surface area contributed by atoms with Crippen LogP contribution in [-0.4, -0.2) is 30.2 Å². The van der Waals surface area contributed by atoms with Crippen molar-refractivity contribution >= 4 is 12.6 Å². The average molecular weight is 320 g/mol. The predicted molar refractivity (Wildman–Crippen MR) is 85.8 cm³/mol. The van der Waals surface area contributed by atoms with Crippen LogP contribution in [0.4, 0.5) is 8.78 Å². The third-order valence-electron chi connectivity index (χ3n) is 3.70. The summed E-state index contributed by atoms with van der Waals surface area (Å²) in [5.41, 5.74) is 2.25. The molecule has 2 rings (SSSR count). The number of hydrogen-bond acceptors (Lipinski definition) is 3. The second-order valence-electron chi connectivity index (χ2n) is 5.43. The summed E-state index contributed by atoms with van der Waals surface area (Å²) in [7, 11) is -1.61. The van der Waals surface area contributed by atoms with Gasteiger partial charge in [-0.05, 0) is 29.1 Å². The van der Waals surface area contributed by atoms with Crippen molar-refractivity contribution < 1.29 is 23.6 Å². The molecule has 0 unspecified atom stereocenters. The van der Waals surface area contributed by atoms with Gasteiger partial charge in [0.2, 0.25) is 6.43 Å². The molecule has 0 saturated heterocycles. The lowest BCUT2D eigenvalue weighted by molar-refractivity contribution is 0.0367. The van der Waals surface area contributed by atoms with E-state index in [0.717, 1.165) is 5.56 Å². The minimum absolute atomic E-state index is 0.103. The Kier molecular flexibility index (Phi) is 6.27. The van der Waals surface area contributed by atoms with Crippen molar-refractivity contribution in [2.45, 2.75) is 25.9 Å². The van der Waals surface area contributed by atoms with Gasteiger partial charge in [0.1, 0.15) is 0 Å². The lowest BCUT2D eigenvalue weighted by Gasteiger charge is -2.19. The molecule has 1 atom stereocenters. The van der Waals surface area contributed by atoms with Gasteiger partial charge >= 0.3 is 7.12 Å². The molecule has 2 aromatic carbocycles. The Morgan fingerprint density at radius 3 is 2.35 bits per heavy atom. The number of alkyl halides is 2. The lowest BCUT2D eigenvalue weighted by Crippen LogP contribution is -2.30. The summed E-state index contributed by atoms with van der Waals surface area (Å²) in [5, 5.41) is 18.3. The highest BCUT2D eigenvalue weighted by Crippen LogP contribution is 2.26. The maximum absolute atomic E-state index is 13.4. The zero-order chi connectivity index (χ0) is 16.8. The van der Waals surface area contributed by atoms with E-state index in [1.54, 1.807) is 6.92 Å². The van der Waals surface area contributed by atoms with Crippen molar-refractivity contribution in [1.29, 1.82) is 0 Å². The van der Waals surface area contributed by atoms with Crippen molar-refractivity contribution in [2.24, 2.45) is 0 Å². The quantitative estimate of drug-likeness (QED) is 0.769. The van der Waals surface area contributed by atoms with Crippen LogP contribution >= 0.6 is 0 Å². The van der Waals surface area contributed by atoms with Crippen molar-refractivity contribution in [2.75, 3.05) is 6.61 Å². The summed E-state index contributed by atoms with van der Waals surface area (Å²) in [5.74, 6) is -1.05. The maximum Gasteiger partial charge on any atom is 0.488 e. The lowest BCUT2D eigenvalue weighted by atomic mass is 9.78. The van der Waals surface area contributed by atoms with E-state index >= 15 is 0 Å². The molecule has 0 amide bonds. The average Bonchev–Trinajstić information content (AvgIpc) is 2.52. The van der Waals surface area contributed by atoms with E-state index in [0.29, 0.717) is 11.1 Å². The van der Waals surface area contributed by atoms with E-state index in [9.17, 15) is 8.78 Å². The van der Waals surface area contributed by atoms with E-state index < -0.39 is 19.5 Å². The van der Waals surface area contributed by atoms with Crippen molar-refractivity contribution in [3.05, 3.63) is 65.2 Å². The maximum atomic E-state index is 13.4. The molecule has 0 heterocycles. The summed E-state index contributed by atoms with van der Waals surface area (Å²) < 4.78 is 32.2. The summed E-state index contributed by atoms with van der Waals surface area (Å²) in [6.07, 6.45) is -2.56. The predicted octanol–water partition coefficient (Wildman–Crippen LogP) is 2.24. The number of halogens is 2. The van der Waals surface area contributed by atoms with Crippen LogP contribution in [0, 0.1) is 6.92 Å². The van der Waals surface area contributed by atoms with Gasteiger partial charge in [-0.1, -0.05) is 48.5 Å². The van der Waals surface area contributed by atoms with Crippen LogP contribution in [0.3, 0.4) is 0 Å². The van der Waals surface area contributed by atoms with E-state index in [1.165, 1.54) is 18.2 Å². The zero-order valence-corrected chi connectivity index (χ0v) is 12.8. The first kappa shape index (κ1) is 17.6. The second-order valence-corrected chi connectivity index (χ2v) is 5.43. The van der Waals surface area contributed by atoms with Crippen LogP contribution in [0.15, 0.2) is 48.5 Å². The van der Waals surface area contributed by atoms with E-state index in [1.807, 2.05) is 30.3 Å². The molecule has 0 saturated carbocycles. The molecule has 6 heteroatoms. The Hall–Kier alpha value is -1.76. The largest absolute Gasteiger partial charge is 0.488 e. The molecule has 0 aliphatic rings. The van der Waals surface area contributed by atoms with Gasteiger partial charge in [-0.25, -0.2) is 8.78 Å². The second kappa shape index (κ2) is 8.20. The van der Waals surface area contributed by atoms with Gasteiger partial charge in [0.15, 0.2) is 0 Å². The molecule has 2 aromatic rings. The number of benzene rings is 2. The third kappa shape index (κ3) is 4.86. The van der Waals surface area contributed by atoms with Crippen molar-refractivity contribution in [3.8, 4) is 0 Å². The highest BCUT2D eigenvalue weighted by Gasteiger charge is 2.25. The van der Waals surface area contributed by atoms with Crippen LogP contribution in [0.1, 0.15) is 22.6 Å². The Labute approximate surface area is 134 Å². The molecule has 0 fully saturated rings. The standard InChI is InChI=1S/C17H19BF2O3/c1-12-9-14(18(21)22)7-8-15(12)16(17(19)20)11-23-10-13-5-3-2-4-6-13/h2-9,16-17,21-22H,10-11H2,1H3/t16-/m0/s1. The monoisotopic (exact) mass is 320 g/mol. The first-order valence-corrected chi connectivity index (χ1v) is 7.35. The van der Waals surface area contributed by atoms with Gasteiger partial charge in [0, 0.05) is 0 Å². The van der Waals surface area contributed by atoms with Crippen LogP contribution in [0.5, 0.6) is 0 Å². The SMILES string of the molecule is Cc1cc(B(O)O)ccc1[C@H](COCc1ccccc1)C(F)F. The van der Waals surface area contributed by atoms with Crippen LogP contribution in [-0.2, 0) is 11.3 Å². The van der Waals surface area contributed by atoms with Gasteiger partial charge in [-0.3, -0.25) is 0 Å². The summed E-state index contributed by atoms with van der Waals surface area (Å²) >= 11 is 0. The van der Waals surface area contributed by atoms with E-state index in [-0.39, 0.29) is 18.7 Å². The number of aryl methyl sites for hydroxylation is 1.